The zero-order chi connectivity index (χ0) is 15.4. The standard InChI is InChI=1S/C15H15N3O3S/c1-2-12(14(19)17-9-10-5-4-8-20-10)22-15-18-13-11(21-15)6-3-7-16-13/h3-8,12H,2,9H2,1H3,(H,17,19). The van der Waals surface area contributed by atoms with E-state index in [0.717, 1.165) is 5.76 Å². The molecule has 0 aromatic carbocycles. The molecule has 22 heavy (non-hydrogen) atoms. The molecule has 6 nitrogen and oxygen atoms in total. The number of furan rings is 1. The number of fused-ring (bicyclic) bond motifs is 1. The van der Waals surface area contributed by atoms with Gasteiger partial charge in [-0.05, 0) is 30.7 Å². The van der Waals surface area contributed by atoms with E-state index in [1.807, 2.05) is 13.0 Å². The van der Waals surface area contributed by atoms with Crippen LogP contribution in [0, 0.1) is 0 Å². The van der Waals surface area contributed by atoms with Gasteiger partial charge in [0, 0.05) is 6.20 Å². The number of amides is 1. The van der Waals surface area contributed by atoms with E-state index in [4.69, 9.17) is 8.83 Å². The number of thioether (sulfide) groups is 1. The van der Waals surface area contributed by atoms with E-state index >= 15 is 0 Å². The number of oxazole rings is 1. The lowest BCUT2D eigenvalue weighted by Gasteiger charge is -2.11. The van der Waals surface area contributed by atoms with Crippen molar-refractivity contribution < 1.29 is 13.6 Å². The van der Waals surface area contributed by atoms with E-state index in [2.05, 4.69) is 15.3 Å². The van der Waals surface area contributed by atoms with Crippen molar-refractivity contribution in [3.05, 3.63) is 42.5 Å². The predicted molar refractivity (Wildman–Crippen MR) is 82.3 cm³/mol. The Morgan fingerprint density at radius 3 is 3.05 bits per heavy atom. The Hall–Kier alpha value is -2.28. The number of nitrogens with zero attached hydrogens (tertiary/aromatic N) is 2. The van der Waals surface area contributed by atoms with Gasteiger partial charge >= 0.3 is 0 Å². The highest BCUT2D eigenvalue weighted by molar-refractivity contribution is 8.00. The summed E-state index contributed by atoms with van der Waals surface area (Å²) in [5.74, 6) is 0.651. The van der Waals surface area contributed by atoms with Crippen molar-refractivity contribution in [1.29, 1.82) is 0 Å². The van der Waals surface area contributed by atoms with Gasteiger partial charge in [0.2, 0.25) is 5.91 Å². The van der Waals surface area contributed by atoms with E-state index in [-0.39, 0.29) is 11.2 Å². The molecule has 0 spiro atoms. The fraction of sp³-hybridized carbons (Fsp3) is 0.267. The summed E-state index contributed by atoms with van der Waals surface area (Å²) in [6.07, 6.45) is 3.91. The van der Waals surface area contributed by atoms with Crippen LogP contribution in [-0.4, -0.2) is 21.1 Å². The lowest BCUT2D eigenvalue weighted by atomic mass is 10.3. The molecule has 0 aliphatic rings. The molecule has 3 aromatic heterocycles. The second kappa shape index (κ2) is 6.65. The molecule has 1 amide bonds. The van der Waals surface area contributed by atoms with Crippen LogP contribution in [0.2, 0.25) is 0 Å². The maximum atomic E-state index is 12.2. The average molecular weight is 317 g/mol. The van der Waals surface area contributed by atoms with Crippen molar-refractivity contribution in [1.82, 2.24) is 15.3 Å². The van der Waals surface area contributed by atoms with Crippen LogP contribution >= 0.6 is 11.8 Å². The molecule has 0 fully saturated rings. The lowest BCUT2D eigenvalue weighted by Crippen LogP contribution is -2.31. The summed E-state index contributed by atoms with van der Waals surface area (Å²) in [7, 11) is 0. The number of carbonyl (C=O) groups excluding carboxylic acids is 1. The number of nitrogens with one attached hydrogen (secondary N) is 1. The zero-order valence-electron chi connectivity index (χ0n) is 12.0. The quantitative estimate of drug-likeness (QED) is 0.704. The van der Waals surface area contributed by atoms with Gasteiger partial charge in [0.05, 0.1) is 18.1 Å². The van der Waals surface area contributed by atoms with Crippen molar-refractivity contribution in [3.8, 4) is 0 Å². The maximum absolute atomic E-state index is 12.2. The fourth-order valence-corrected chi connectivity index (χ4v) is 2.82. The first kappa shape index (κ1) is 14.6. The average Bonchev–Trinajstić information content (AvgIpc) is 3.18. The molecule has 3 aromatic rings. The second-order valence-corrected chi connectivity index (χ2v) is 5.77. The Morgan fingerprint density at radius 2 is 2.32 bits per heavy atom. The molecular weight excluding hydrogens is 302 g/mol. The molecule has 0 aliphatic carbocycles. The summed E-state index contributed by atoms with van der Waals surface area (Å²) in [5, 5.41) is 3.03. The molecule has 3 rings (SSSR count). The Labute approximate surface area is 131 Å². The first-order chi connectivity index (χ1) is 10.8. The molecule has 0 aliphatic heterocycles. The number of rotatable bonds is 6. The zero-order valence-corrected chi connectivity index (χ0v) is 12.8. The number of hydrogen-bond acceptors (Lipinski definition) is 6. The topological polar surface area (TPSA) is 81.2 Å². The lowest BCUT2D eigenvalue weighted by molar-refractivity contribution is -0.120. The van der Waals surface area contributed by atoms with E-state index in [1.54, 1.807) is 30.7 Å². The smallest absolute Gasteiger partial charge is 0.259 e. The van der Waals surface area contributed by atoms with Gasteiger partial charge in [-0.25, -0.2) is 4.98 Å². The maximum Gasteiger partial charge on any atom is 0.259 e. The summed E-state index contributed by atoms with van der Waals surface area (Å²) in [5.41, 5.74) is 1.17. The Bertz CT molecular complexity index is 721. The van der Waals surface area contributed by atoms with E-state index in [9.17, 15) is 4.79 Å². The molecule has 0 saturated carbocycles. The van der Waals surface area contributed by atoms with Crippen LogP contribution in [0.5, 0.6) is 0 Å². The molecule has 1 unspecified atom stereocenters. The normalized spacial score (nSPS) is 12.4. The van der Waals surface area contributed by atoms with Crippen LogP contribution in [0.1, 0.15) is 19.1 Å². The van der Waals surface area contributed by atoms with Gasteiger partial charge in [-0.2, -0.15) is 4.98 Å². The molecule has 3 heterocycles. The van der Waals surface area contributed by atoms with Crippen LogP contribution in [0.25, 0.3) is 11.2 Å². The van der Waals surface area contributed by atoms with E-state index in [1.165, 1.54) is 11.8 Å². The van der Waals surface area contributed by atoms with Gasteiger partial charge in [0.25, 0.3) is 5.22 Å². The van der Waals surface area contributed by atoms with Crippen molar-refractivity contribution in [2.45, 2.75) is 30.4 Å². The third kappa shape index (κ3) is 3.30. The third-order valence-corrected chi connectivity index (χ3v) is 4.28. The van der Waals surface area contributed by atoms with Crippen LogP contribution in [0.3, 0.4) is 0 Å². The molecule has 0 bridgehead atoms. The van der Waals surface area contributed by atoms with E-state index < -0.39 is 0 Å². The van der Waals surface area contributed by atoms with Gasteiger partial charge in [0.1, 0.15) is 5.76 Å². The molecule has 7 heteroatoms. The van der Waals surface area contributed by atoms with Gasteiger partial charge in [0.15, 0.2) is 11.2 Å². The van der Waals surface area contributed by atoms with Crippen molar-refractivity contribution in [3.63, 3.8) is 0 Å². The predicted octanol–water partition coefficient (Wildman–Crippen LogP) is 3.00. The van der Waals surface area contributed by atoms with Crippen molar-refractivity contribution in [2.24, 2.45) is 0 Å². The van der Waals surface area contributed by atoms with Crippen LogP contribution in [0.15, 0.2) is 50.8 Å². The summed E-state index contributed by atoms with van der Waals surface area (Å²) < 4.78 is 10.8. The Morgan fingerprint density at radius 1 is 1.41 bits per heavy atom. The Balaban J connectivity index is 1.64. The highest BCUT2D eigenvalue weighted by atomic mass is 32.2. The number of pyridine rings is 1. The molecule has 114 valence electrons. The van der Waals surface area contributed by atoms with Crippen LogP contribution in [-0.2, 0) is 11.3 Å². The molecular formula is C15H15N3O3S. The van der Waals surface area contributed by atoms with E-state index in [0.29, 0.717) is 29.4 Å². The molecule has 1 N–H and O–H groups in total. The minimum absolute atomic E-state index is 0.0703. The molecule has 0 saturated heterocycles. The SMILES string of the molecule is CCC(Sc1nc2ncccc2o1)C(=O)NCc1ccco1. The summed E-state index contributed by atoms with van der Waals surface area (Å²) in [4.78, 5) is 20.6. The summed E-state index contributed by atoms with van der Waals surface area (Å²) >= 11 is 1.30. The monoisotopic (exact) mass is 317 g/mol. The summed E-state index contributed by atoms with van der Waals surface area (Å²) in [6, 6.07) is 7.20. The van der Waals surface area contributed by atoms with Gasteiger partial charge in [-0.3, -0.25) is 4.79 Å². The van der Waals surface area contributed by atoms with Crippen LogP contribution in [0.4, 0.5) is 0 Å². The highest BCUT2D eigenvalue weighted by Crippen LogP contribution is 2.27. The second-order valence-electron chi connectivity index (χ2n) is 4.62. The first-order valence-corrected chi connectivity index (χ1v) is 7.82. The van der Waals surface area contributed by atoms with Crippen molar-refractivity contribution in [2.75, 3.05) is 0 Å². The van der Waals surface area contributed by atoms with Gasteiger partial charge in [-0.1, -0.05) is 18.7 Å². The number of aromatic nitrogens is 2. The van der Waals surface area contributed by atoms with Crippen molar-refractivity contribution >= 4 is 28.9 Å². The minimum atomic E-state index is -0.275. The first-order valence-electron chi connectivity index (χ1n) is 6.94. The number of hydrogen-bond donors (Lipinski definition) is 1. The van der Waals surface area contributed by atoms with Gasteiger partial charge < -0.3 is 14.2 Å². The fourth-order valence-electron chi connectivity index (χ4n) is 1.94. The Kier molecular flexibility index (Phi) is 4.43. The minimum Gasteiger partial charge on any atom is -0.467 e. The van der Waals surface area contributed by atoms with Crippen LogP contribution < -0.4 is 5.32 Å². The highest BCUT2D eigenvalue weighted by Gasteiger charge is 2.21. The third-order valence-electron chi connectivity index (χ3n) is 3.07. The number of carbonyl (C=O) groups is 1. The molecule has 1 atom stereocenters. The largest absolute Gasteiger partial charge is 0.467 e. The summed E-state index contributed by atoms with van der Waals surface area (Å²) in [6.45, 7) is 2.32. The molecule has 0 radical (unpaired) electrons. The van der Waals surface area contributed by atoms with Gasteiger partial charge in [-0.15, -0.1) is 0 Å².